The molecule has 2 rings (SSSR count). The lowest BCUT2D eigenvalue weighted by atomic mass is 9.99. The molecule has 3 N–H and O–H groups in total. The molecule has 2 unspecified atom stereocenters. The van der Waals surface area contributed by atoms with Gasteiger partial charge in [-0.3, -0.25) is 4.79 Å². The molecule has 1 aromatic carbocycles. The SMILES string of the molecule is CC1CCN(C(=O)C(C)OC(=O)C(Cc2ccccc2)NC(N)=O)CC1. The highest BCUT2D eigenvalue weighted by Gasteiger charge is 2.30. The highest BCUT2D eigenvalue weighted by atomic mass is 16.5. The van der Waals surface area contributed by atoms with Crippen LogP contribution in [0.4, 0.5) is 4.79 Å². The lowest BCUT2D eigenvalue weighted by Crippen LogP contribution is -2.49. The third kappa shape index (κ3) is 5.75. The normalized spacial score (nSPS) is 17.2. The van der Waals surface area contributed by atoms with E-state index in [2.05, 4.69) is 12.2 Å². The number of nitrogens with two attached hydrogens (primary N) is 1. The van der Waals surface area contributed by atoms with Gasteiger partial charge < -0.3 is 20.7 Å². The summed E-state index contributed by atoms with van der Waals surface area (Å²) in [4.78, 5) is 37.9. The number of carbonyl (C=O) groups is 3. The van der Waals surface area contributed by atoms with Gasteiger partial charge in [-0.15, -0.1) is 0 Å². The van der Waals surface area contributed by atoms with Crippen molar-refractivity contribution in [3.8, 4) is 0 Å². The van der Waals surface area contributed by atoms with E-state index in [4.69, 9.17) is 10.5 Å². The van der Waals surface area contributed by atoms with Crippen LogP contribution in [0.25, 0.3) is 0 Å². The van der Waals surface area contributed by atoms with Crippen molar-refractivity contribution in [2.75, 3.05) is 13.1 Å². The predicted molar refractivity (Wildman–Crippen MR) is 97.2 cm³/mol. The Labute approximate surface area is 153 Å². The number of ether oxygens (including phenoxy) is 1. The monoisotopic (exact) mass is 361 g/mol. The predicted octanol–water partition coefficient (Wildman–Crippen LogP) is 1.46. The molecule has 1 heterocycles. The molecule has 7 heteroatoms. The minimum Gasteiger partial charge on any atom is -0.451 e. The molecule has 1 fully saturated rings. The van der Waals surface area contributed by atoms with Gasteiger partial charge in [0.25, 0.3) is 5.91 Å². The van der Waals surface area contributed by atoms with E-state index in [0.717, 1.165) is 18.4 Å². The number of hydrogen-bond donors (Lipinski definition) is 2. The van der Waals surface area contributed by atoms with Gasteiger partial charge in [-0.05, 0) is 31.2 Å². The first-order valence-corrected chi connectivity index (χ1v) is 8.96. The number of piperidine rings is 1. The summed E-state index contributed by atoms with van der Waals surface area (Å²) in [6.07, 6.45) is 1.24. The molecule has 2 atom stereocenters. The van der Waals surface area contributed by atoms with Crippen LogP contribution in [0, 0.1) is 5.92 Å². The third-order valence-electron chi connectivity index (χ3n) is 4.62. The number of nitrogens with zero attached hydrogens (tertiary/aromatic N) is 1. The molecule has 0 spiro atoms. The van der Waals surface area contributed by atoms with Gasteiger partial charge in [-0.25, -0.2) is 9.59 Å². The molecule has 1 aliphatic heterocycles. The summed E-state index contributed by atoms with van der Waals surface area (Å²) in [5.74, 6) is -0.270. The van der Waals surface area contributed by atoms with Crippen LogP contribution in [-0.4, -0.2) is 48.0 Å². The highest BCUT2D eigenvalue weighted by Crippen LogP contribution is 2.17. The molecule has 142 valence electrons. The molecular weight excluding hydrogens is 334 g/mol. The fourth-order valence-corrected chi connectivity index (χ4v) is 3.01. The smallest absolute Gasteiger partial charge is 0.329 e. The van der Waals surface area contributed by atoms with Crippen molar-refractivity contribution in [1.29, 1.82) is 0 Å². The lowest BCUT2D eigenvalue weighted by molar-refractivity contribution is -0.161. The molecule has 26 heavy (non-hydrogen) atoms. The Kier molecular flexibility index (Phi) is 7.00. The Bertz CT molecular complexity index is 627. The van der Waals surface area contributed by atoms with Crippen LogP contribution in [0.2, 0.25) is 0 Å². The minimum atomic E-state index is -0.938. The summed E-state index contributed by atoms with van der Waals surface area (Å²) in [7, 11) is 0. The maximum Gasteiger partial charge on any atom is 0.329 e. The summed E-state index contributed by atoms with van der Waals surface area (Å²) in [6.45, 7) is 5.07. The molecule has 7 nitrogen and oxygen atoms in total. The van der Waals surface area contributed by atoms with Crippen molar-refractivity contribution >= 4 is 17.9 Å². The second-order valence-corrected chi connectivity index (χ2v) is 6.84. The Hall–Kier alpha value is -2.57. The van der Waals surface area contributed by atoms with Gasteiger partial charge in [-0.1, -0.05) is 37.3 Å². The zero-order chi connectivity index (χ0) is 19.1. The minimum absolute atomic E-state index is 0.206. The number of benzene rings is 1. The molecule has 0 aromatic heterocycles. The average molecular weight is 361 g/mol. The van der Waals surface area contributed by atoms with E-state index in [1.807, 2.05) is 30.3 Å². The van der Waals surface area contributed by atoms with E-state index in [1.54, 1.807) is 11.8 Å². The summed E-state index contributed by atoms with van der Waals surface area (Å²) >= 11 is 0. The van der Waals surface area contributed by atoms with Gasteiger partial charge in [0.05, 0.1) is 0 Å². The standard InChI is InChI=1S/C19H27N3O4/c1-13-8-10-22(11-9-13)17(23)14(2)26-18(24)16(21-19(20)25)12-15-6-4-3-5-7-15/h3-7,13-14,16H,8-12H2,1-2H3,(H3,20,21,25). The first-order chi connectivity index (χ1) is 12.4. The molecule has 1 aliphatic rings. The molecule has 3 amide bonds. The summed E-state index contributed by atoms with van der Waals surface area (Å²) in [6, 6.07) is 7.47. The number of urea groups is 1. The van der Waals surface area contributed by atoms with Crippen LogP contribution in [0.3, 0.4) is 0 Å². The van der Waals surface area contributed by atoms with Crippen molar-refractivity contribution in [3.05, 3.63) is 35.9 Å². The van der Waals surface area contributed by atoms with E-state index in [0.29, 0.717) is 19.0 Å². The second kappa shape index (κ2) is 9.22. The summed E-state index contributed by atoms with van der Waals surface area (Å²) in [5.41, 5.74) is 6.03. The molecular formula is C19H27N3O4. The maximum absolute atomic E-state index is 12.5. The molecule has 0 aliphatic carbocycles. The maximum atomic E-state index is 12.5. The number of rotatable bonds is 6. The van der Waals surface area contributed by atoms with E-state index >= 15 is 0 Å². The van der Waals surface area contributed by atoms with Gasteiger partial charge in [0, 0.05) is 19.5 Å². The van der Waals surface area contributed by atoms with Crippen molar-refractivity contribution in [1.82, 2.24) is 10.2 Å². The van der Waals surface area contributed by atoms with Gasteiger partial charge in [0.15, 0.2) is 6.10 Å². The zero-order valence-corrected chi connectivity index (χ0v) is 15.3. The van der Waals surface area contributed by atoms with Crippen molar-refractivity contribution in [2.45, 2.75) is 45.3 Å². The van der Waals surface area contributed by atoms with E-state index in [-0.39, 0.29) is 12.3 Å². The summed E-state index contributed by atoms with van der Waals surface area (Å²) in [5, 5.41) is 2.40. The fourth-order valence-electron chi connectivity index (χ4n) is 3.01. The number of carbonyl (C=O) groups excluding carboxylic acids is 3. The first-order valence-electron chi connectivity index (χ1n) is 8.96. The van der Waals surface area contributed by atoms with Gasteiger partial charge in [0.2, 0.25) is 0 Å². The number of esters is 1. The van der Waals surface area contributed by atoms with Gasteiger partial charge in [0.1, 0.15) is 6.04 Å². The van der Waals surface area contributed by atoms with Crippen LogP contribution in [0.1, 0.15) is 32.3 Å². The number of amides is 3. The van der Waals surface area contributed by atoms with Crippen molar-refractivity contribution in [2.24, 2.45) is 11.7 Å². The van der Waals surface area contributed by atoms with Gasteiger partial charge >= 0.3 is 12.0 Å². The largest absolute Gasteiger partial charge is 0.451 e. The van der Waals surface area contributed by atoms with Crippen molar-refractivity contribution < 1.29 is 19.1 Å². The molecule has 1 aromatic rings. The quantitative estimate of drug-likeness (QED) is 0.749. The molecule has 0 bridgehead atoms. The Balaban J connectivity index is 1.96. The van der Waals surface area contributed by atoms with Gasteiger partial charge in [-0.2, -0.15) is 0 Å². The van der Waals surface area contributed by atoms with Crippen LogP contribution < -0.4 is 11.1 Å². The Morgan fingerprint density at radius 1 is 1.23 bits per heavy atom. The Morgan fingerprint density at radius 3 is 2.42 bits per heavy atom. The number of likely N-dealkylation sites (tertiary alicyclic amines) is 1. The lowest BCUT2D eigenvalue weighted by Gasteiger charge is -2.32. The first kappa shape index (κ1) is 19.8. The number of primary amides is 1. The molecule has 1 saturated heterocycles. The van der Waals surface area contributed by atoms with E-state index < -0.39 is 24.1 Å². The topological polar surface area (TPSA) is 102 Å². The second-order valence-electron chi connectivity index (χ2n) is 6.84. The highest BCUT2D eigenvalue weighted by molar-refractivity contribution is 5.87. The summed E-state index contributed by atoms with van der Waals surface area (Å²) < 4.78 is 5.33. The van der Waals surface area contributed by atoms with E-state index in [1.165, 1.54) is 0 Å². The molecule has 0 saturated carbocycles. The molecule has 0 radical (unpaired) electrons. The fraction of sp³-hybridized carbons (Fsp3) is 0.526. The Morgan fingerprint density at radius 2 is 1.85 bits per heavy atom. The van der Waals surface area contributed by atoms with E-state index in [9.17, 15) is 14.4 Å². The van der Waals surface area contributed by atoms with Crippen LogP contribution in [0.5, 0.6) is 0 Å². The average Bonchev–Trinajstić information content (AvgIpc) is 2.61. The van der Waals surface area contributed by atoms with Crippen molar-refractivity contribution in [3.63, 3.8) is 0 Å². The number of hydrogen-bond acceptors (Lipinski definition) is 4. The van der Waals surface area contributed by atoms with Crippen LogP contribution >= 0.6 is 0 Å². The third-order valence-corrected chi connectivity index (χ3v) is 4.62. The van der Waals surface area contributed by atoms with Crippen LogP contribution in [0.15, 0.2) is 30.3 Å². The van der Waals surface area contributed by atoms with Crippen LogP contribution in [-0.2, 0) is 20.7 Å². The number of nitrogens with one attached hydrogen (secondary N) is 1. The zero-order valence-electron chi connectivity index (χ0n) is 15.3.